The number of hydrogen-bond donors (Lipinski definition) is 3. The van der Waals surface area contributed by atoms with Crippen molar-refractivity contribution in [3.8, 4) is 5.75 Å². The van der Waals surface area contributed by atoms with Gasteiger partial charge in [-0.1, -0.05) is 50.2 Å². The molecular weight excluding hydrogens is 570 g/mol. The molecule has 4 aromatic rings. The Hall–Kier alpha value is -4.67. The summed E-state index contributed by atoms with van der Waals surface area (Å²) in [5.41, 5.74) is 2.86. The van der Waals surface area contributed by atoms with Crippen LogP contribution in [0.15, 0.2) is 54.7 Å². The number of carbonyl (C=O) groups excluding carboxylic acids is 3. The molecule has 0 bridgehead atoms. The van der Waals surface area contributed by atoms with Crippen LogP contribution in [0.5, 0.6) is 5.75 Å². The molecule has 3 amide bonds. The largest absolute Gasteiger partial charge is 0.484 e. The molecule has 2 aromatic heterocycles. The summed E-state index contributed by atoms with van der Waals surface area (Å²) in [6.07, 6.45) is 3.45. The van der Waals surface area contributed by atoms with Gasteiger partial charge in [-0.15, -0.1) is 0 Å². The molecule has 1 aliphatic rings. The predicted octanol–water partition coefficient (Wildman–Crippen LogP) is 4.01. The summed E-state index contributed by atoms with van der Waals surface area (Å²) < 4.78 is 7.66. The Balaban J connectivity index is 1.41. The third-order valence-corrected chi connectivity index (χ3v) is 8.10. The lowest BCUT2D eigenvalue weighted by molar-refractivity contribution is -0.134. The van der Waals surface area contributed by atoms with Gasteiger partial charge >= 0.3 is 0 Å². The zero-order valence-corrected chi connectivity index (χ0v) is 26.5. The van der Waals surface area contributed by atoms with Crippen LogP contribution in [0.3, 0.4) is 0 Å². The van der Waals surface area contributed by atoms with E-state index in [0.29, 0.717) is 56.3 Å². The van der Waals surface area contributed by atoms with E-state index in [-0.39, 0.29) is 36.7 Å². The zero-order chi connectivity index (χ0) is 31.9. The van der Waals surface area contributed by atoms with Crippen molar-refractivity contribution in [3.63, 3.8) is 0 Å². The average Bonchev–Trinajstić information content (AvgIpc) is 3.59. The Labute approximate surface area is 263 Å². The van der Waals surface area contributed by atoms with E-state index < -0.39 is 12.1 Å². The van der Waals surface area contributed by atoms with Crippen LogP contribution in [0.2, 0.25) is 0 Å². The van der Waals surface area contributed by atoms with Gasteiger partial charge in [-0.3, -0.25) is 14.4 Å². The molecule has 238 valence electrons. The molecule has 3 heterocycles. The Morgan fingerprint density at radius 3 is 2.58 bits per heavy atom. The van der Waals surface area contributed by atoms with Crippen molar-refractivity contribution in [1.29, 1.82) is 0 Å². The lowest BCUT2D eigenvalue weighted by Crippen LogP contribution is -2.49. The van der Waals surface area contributed by atoms with Gasteiger partial charge in [0.25, 0.3) is 5.91 Å². The minimum absolute atomic E-state index is 0.112. The van der Waals surface area contributed by atoms with Gasteiger partial charge in [-0.2, -0.15) is 5.10 Å². The molecule has 11 nitrogen and oxygen atoms in total. The molecule has 45 heavy (non-hydrogen) atoms. The normalized spacial score (nSPS) is 18.3. The highest BCUT2D eigenvalue weighted by molar-refractivity contribution is 5.90. The van der Waals surface area contributed by atoms with Gasteiger partial charge < -0.3 is 25.3 Å². The first-order valence-corrected chi connectivity index (χ1v) is 15.7. The average molecular weight is 614 g/mol. The molecule has 0 saturated heterocycles. The van der Waals surface area contributed by atoms with Crippen LogP contribution in [0, 0.1) is 19.8 Å². The maximum atomic E-state index is 13.9. The van der Waals surface area contributed by atoms with E-state index >= 15 is 0 Å². The van der Waals surface area contributed by atoms with Gasteiger partial charge in [0.2, 0.25) is 11.8 Å². The first kappa shape index (κ1) is 31.7. The van der Waals surface area contributed by atoms with E-state index in [4.69, 9.17) is 9.72 Å². The van der Waals surface area contributed by atoms with E-state index in [9.17, 15) is 14.4 Å². The fraction of sp³-hybridized carbons (Fsp3) is 0.441. The standard InChI is InChI=1S/C34H43N7O4/c1-22(2)18-28-33-36-24(4)39-41(33)17-16-40(32(43)21-45-30-13-8-5-10-23(30)3)15-9-14-31(42)37-29(34(44)38-28)19-25-20-35-27-12-7-6-11-26(25)27/h5-8,10-13,20,22,28-29,35H,9,14-19,21H2,1-4H3,(H,37,42)(H,38,44)/t28-,29+/m0/s1. The Kier molecular flexibility index (Phi) is 10.2. The van der Waals surface area contributed by atoms with E-state index in [2.05, 4.69) is 34.6 Å². The number of carbonyl (C=O) groups is 3. The molecule has 0 radical (unpaired) electrons. The van der Waals surface area contributed by atoms with Gasteiger partial charge in [-0.05, 0) is 55.9 Å². The number of ether oxygens (including phenoxy) is 1. The molecule has 2 atom stereocenters. The molecule has 0 fully saturated rings. The maximum absolute atomic E-state index is 13.9. The second kappa shape index (κ2) is 14.4. The molecule has 5 rings (SSSR count). The molecule has 0 spiro atoms. The summed E-state index contributed by atoms with van der Waals surface area (Å²) in [7, 11) is 0. The van der Waals surface area contributed by atoms with E-state index in [1.807, 2.05) is 68.6 Å². The molecular formula is C34H43N7O4. The number of aryl methyl sites for hydroxylation is 2. The quantitative estimate of drug-likeness (QED) is 0.289. The van der Waals surface area contributed by atoms with Crippen molar-refractivity contribution in [3.05, 3.63) is 77.5 Å². The minimum Gasteiger partial charge on any atom is -0.484 e. The number of aromatic nitrogens is 4. The summed E-state index contributed by atoms with van der Waals surface area (Å²) in [6.45, 7) is 8.94. The summed E-state index contributed by atoms with van der Waals surface area (Å²) in [5, 5.41) is 11.8. The number of benzene rings is 2. The number of hydrogen-bond acceptors (Lipinski definition) is 6. The van der Waals surface area contributed by atoms with Crippen molar-refractivity contribution < 1.29 is 19.1 Å². The second-order valence-electron chi connectivity index (χ2n) is 12.2. The van der Waals surface area contributed by atoms with Crippen LogP contribution in [0.1, 0.15) is 61.9 Å². The van der Waals surface area contributed by atoms with Crippen LogP contribution >= 0.6 is 0 Å². The van der Waals surface area contributed by atoms with Gasteiger partial charge in [0, 0.05) is 43.0 Å². The first-order chi connectivity index (χ1) is 21.7. The Morgan fingerprint density at radius 1 is 1.00 bits per heavy atom. The van der Waals surface area contributed by atoms with Crippen molar-refractivity contribution in [2.75, 3.05) is 19.7 Å². The van der Waals surface area contributed by atoms with Crippen molar-refractivity contribution >= 4 is 28.6 Å². The van der Waals surface area contributed by atoms with Crippen LogP contribution < -0.4 is 15.4 Å². The van der Waals surface area contributed by atoms with Crippen LogP contribution in [0.4, 0.5) is 0 Å². The number of H-pyrrole nitrogens is 1. The summed E-state index contributed by atoms with van der Waals surface area (Å²) >= 11 is 0. The number of nitrogens with one attached hydrogen (secondary N) is 3. The summed E-state index contributed by atoms with van der Waals surface area (Å²) in [6, 6.07) is 14.2. The fourth-order valence-electron chi connectivity index (χ4n) is 5.82. The van der Waals surface area contributed by atoms with Gasteiger partial charge in [0.05, 0.1) is 12.6 Å². The van der Waals surface area contributed by atoms with E-state index in [1.165, 1.54) is 0 Å². The number of nitrogens with zero attached hydrogens (tertiary/aromatic N) is 4. The molecule has 1 aliphatic heterocycles. The molecule has 2 aromatic carbocycles. The number of fused-ring (bicyclic) bond motifs is 2. The third-order valence-electron chi connectivity index (χ3n) is 8.10. The Morgan fingerprint density at radius 2 is 1.78 bits per heavy atom. The fourth-order valence-corrected chi connectivity index (χ4v) is 5.82. The lowest BCUT2D eigenvalue weighted by atomic mass is 10.0. The minimum atomic E-state index is -0.799. The third kappa shape index (κ3) is 8.09. The zero-order valence-electron chi connectivity index (χ0n) is 26.5. The number of rotatable bonds is 7. The monoisotopic (exact) mass is 613 g/mol. The molecule has 0 unspecified atom stereocenters. The predicted molar refractivity (Wildman–Crippen MR) is 172 cm³/mol. The first-order valence-electron chi connectivity index (χ1n) is 15.7. The smallest absolute Gasteiger partial charge is 0.260 e. The van der Waals surface area contributed by atoms with Crippen LogP contribution in [0.25, 0.3) is 10.9 Å². The van der Waals surface area contributed by atoms with Gasteiger partial charge in [-0.25, -0.2) is 9.67 Å². The molecule has 11 heteroatoms. The molecule has 3 N–H and O–H groups in total. The highest BCUT2D eigenvalue weighted by Gasteiger charge is 2.29. The van der Waals surface area contributed by atoms with Gasteiger partial charge in [0.15, 0.2) is 6.61 Å². The van der Waals surface area contributed by atoms with Crippen LogP contribution in [-0.2, 0) is 27.3 Å². The summed E-state index contributed by atoms with van der Waals surface area (Å²) in [5.74, 6) is 1.44. The lowest BCUT2D eigenvalue weighted by Gasteiger charge is -2.27. The SMILES string of the molecule is Cc1nc2n(n1)CCN(C(=O)COc1ccccc1C)CCCC(=O)N[C@H](Cc1c[nH]c3ccccc13)C(=O)N[C@H]2CC(C)C. The number of amides is 3. The molecule has 0 saturated carbocycles. The van der Waals surface area contributed by atoms with E-state index in [1.54, 1.807) is 9.58 Å². The number of aromatic amines is 1. The van der Waals surface area contributed by atoms with Crippen molar-refractivity contribution in [1.82, 2.24) is 35.3 Å². The van der Waals surface area contributed by atoms with Crippen molar-refractivity contribution in [2.45, 2.75) is 72.0 Å². The second-order valence-corrected chi connectivity index (χ2v) is 12.2. The summed E-state index contributed by atoms with van der Waals surface area (Å²) in [4.78, 5) is 50.2. The topological polar surface area (TPSA) is 134 Å². The molecule has 0 aliphatic carbocycles. The highest BCUT2D eigenvalue weighted by Crippen LogP contribution is 2.23. The van der Waals surface area contributed by atoms with Crippen LogP contribution in [-0.4, -0.2) is 68.1 Å². The number of para-hydroxylation sites is 2. The Bertz CT molecular complexity index is 1640. The highest BCUT2D eigenvalue weighted by atomic mass is 16.5. The maximum Gasteiger partial charge on any atom is 0.260 e. The van der Waals surface area contributed by atoms with Gasteiger partial charge in [0.1, 0.15) is 23.4 Å². The van der Waals surface area contributed by atoms with E-state index in [0.717, 1.165) is 22.0 Å². The van der Waals surface area contributed by atoms with Crippen molar-refractivity contribution in [2.24, 2.45) is 5.92 Å².